The van der Waals surface area contributed by atoms with Gasteiger partial charge in [-0.2, -0.15) is 5.26 Å². The maximum atomic E-state index is 9.87. The van der Waals surface area contributed by atoms with Gasteiger partial charge in [0.05, 0.1) is 25.5 Å². The summed E-state index contributed by atoms with van der Waals surface area (Å²) in [5, 5.41) is 22.1. The molecule has 0 aliphatic carbocycles. The summed E-state index contributed by atoms with van der Waals surface area (Å²) in [6.45, 7) is 0.478. The first-order valence-electron chi connectivity index (χ1n) is 6.36. The second-order valence-corrected chi connectivity index (χ2v) is 4.36. The van der Waals surface area contributed by atoms with Crippen molar-refractivity contribution in [2.75, 3.05) is 19.5 Å². The molecule has 2 rings (SSSR count). The number of benzene rings is 2. The van der Waals surface area contributed by atoms with Crippen LogP contribution < -0.4 is 14.8 Å². The van der Waals surface area contributed by atoms with E-state index < -0.39 is 0 Å². The van der Waals surface area contributed by atoms with Crippen molar-refractivity contribution in [2.45, 2.75) is 6.54 Å². The Morgan fingerprint density at radius 1 is 1.14 bits per heavy atom. The van der Waals surface area contributed by atoms with E-state index in [0.29, 0.717) is 23.6 Å². The molecule has 0 spiro atoms. The number of para-hydroxylation sites is 1. The molecule has 0 heterocycles. The molecule has 0 amide bonds. The minimum Gasteiger partial charge on any atom is -0.502 e. The van der Waals surface area contributed by atoms with Crippen LogP contribution in [-0.2, 0) is 6.54 Å². The van der Waals surface area contributed by atoms with Crippen molar-refractivity contribution in [3.63, 3.8) is 0 Å². The molecular formula is C16H16N2O3. The summed E-state index contributed by atoms with van der Waals surface area (Å²) in [7, 11) is 2.97. The molecule has 108 valence electrons. The SMILES string of the molecule is COc1cc(CNc2ccccc2C#N)cc(OC)c1O. The monoisotopic (exact) mass is 284 g/mol. The molecule has 0 atom stereocenters. The molecular weight excluding hydrogens is 268 g/mol. The second kappa shape index (κ2) is 6.53. The van der Waals surface area contributed by atoms with Gasteiger partial charge in [0.1, 0.15) is 6.07 Å². The van der Waals surface area contributed by atoms with E-state index in [1.807, 2.05) is 18.2 Å². The van der Waals surface area contributed by atoms with Crippen molar-refractivity contribution in [3.05, 3.63) is 47.5 Å². The zero-order chi connectivity index (χ0) is 15.2. The third-order valence-electron chi connectivity index (χ3n) is 3.07. The van der Waals surface area contributed by atoms with Gasteiger partial charge in [0.15, 0.2) is 11.5 Å². The molecule has 5 nitrogen and oxygen atoms in total. The number of nitrogens with one attached hydrogen (secondary N) is 1. The third kappa shape index (κ3) is 3.18. The summed E-state index contributed by atoms with van der Waals surface area (Å²) in [5.41, 5.74) is 2.20. The summed E-state index contributed by atoms with van der Waals surface area (Å²) >= 11 is 0. The Morgan fingerprint density at radius 3 is 2.33 bits per heavy atom. The van der Waals surface area contributed by atoms with Gasteiger partial charge in [-0.3, -0.25) is 0 Å². The van der Waals surface area contributed by atoms with E-state index in [-0.39, 0.29) is 5.75 Å². The van der Waals surface area contributed by atoms with E-state index in [2.05, 4.69) is 11.4 Å². The lowest BCUT2D eigenvalue weighted by atomic mass is 10.1. The molecule has 0 fully saturated rings. The number of rotatable bonds is 5. The number of aromatic hydroxyl groups is 1. The van der Waals surface area contributed by atoms with Gasteiger partial charge in [0, 0.05) is 6.54 Å². The van der Waals surface area contributed by atoms with E-state index in [1.54, 1.807) is 18.2 Å². The van der Waals surface area contributed by atoms with Gasteiger partial charge in [-0.25, -0.2) is 0 Å². The fraction of sp³-hybridized carbons (Fsp3) is 0.188. The molecule has 0 bridgehead atoms. The molecule has 0 unspecified atom stereocenters. The minimum absolute atomic E-state index is 0.0267. The topological polar surface area (TPSA) is 74.5 Å². The van der Waals surface area contributed by atoms with Crippen LogP contribution in [0.25, 0.3) is 0 Å². The molecule has 2 aromatic carbocycles. The summed E-state index contributed by atoms with van der Waals surface area (Å²) in [6, 6.07) is 12.8. The molecule has 21 heavy (non-hydrogen) atoms. The predicted molar refractivity (Wildman–Crippen MR) is 79.7 cm³/mol. The Kier molecular flexibility index (Phi) is 4.52. The Hall–Kier alpha value is -2.87. The van der Waals surface area contributed by atoms with E-state index in [0.717, 1.165) is 11.3 Å². The maximum Gasteiger partial charge on any atom is 0.200 e. The van der Waals surface area contributed by atoms with Crippen LogP contribution in [0.4, 0.5) is 5.69 Å². The third-order valence-corrected chi connectivity index (χ3v) is 3.07. The number of anilines is 1. The fourth-order valence-electron chi connectivity index (χ4n) is 1.98. The fourth-order valence-corrected chi connectivity index (χ4v) is 1.98. The lowest BCUT2D eigenvalue weighted by Gasteiger charge is -2.13. The number of phenolic OH excluding ortho intramolecular Hbond substituents is 1. The molecule has 0 saturated heterocycles. The lowest BCUT2D eigenvalue weighted by molar-refractivity contribution is 0.339. The van der Waals surface area contributed by atoms with Crippen LogP contribution in [0.15, 0.2) is 36.4 Å². The first-order chi connectivity index (χ1) is 10.2. The average molecular weight is 284 g/mol. The standard InChI is InChI=1S/C16H16N2O3/c1-20-14-7-11(8-15(21-2)16(14)19)10-18-13-6-4-3-5-12(13)9-17/h3-8,18-19H,10H2,1-2H3. The van der Waals surface area contributed by atoms with Crippen LogP contribution in [0.1, 0.15) is 11.1 Å². The average Bonchev–Trinajstić information content (AvgIpc) is 2.54. The van der Waals surface area contributed by atoms with Crippen molar-refractivity contribution < 1.29 is 14.6 Å². The molecule has 0 aromatic heterocycles. The van der Waals surface area contributed by atoms with Crippen molar-refractivity contribution in [2.24, 2.45) is 0 Å². The van der Waals surface area contributed by atoms with Crippen LogP contribution in [0.3, 0.4) is 0 Å². The molecule has 0 aliphatic rings. The lowest BCUT2D eigenvalue weighted by Crippen LogP contribution is -2.02. The smallest absolute Gasteiger partial charge is 0.200 e. The zero-order valence-electron chi connectivity index (χ0n) is 11.9. The van der Waals surface area contributed by atoms with E-state index >= 15 is 0 Å². The minimum atomic E-state index is -0.0267. The van der Waals surface area contributed by atoms with Crippen LogP contribution in [0.5, 0.6) is 17.2 Å². The van der Waals surface area contributed by atoms with Gasteiger partial charge in [-0.05, 0) is 29.8 Å². The van der Waals surface area contributed by atoms with Crippen LogP contribution in [0, 0.1) is 11.3 Å². The first kappa shape index (κ1) is 14.5. The van der Waals surface area contributed by atoms with Gasteiger partial charge in [0.2, 0.25) is 5.75 Å². The van der Waals surface area contributed by atoms with Gasteiger partial charge in [0.25, 0.3) is 0 Å². The summed E-state index contributed by atoms with van der Waals surface area (Å²) < 4.78 is 10.2. The van der Waals surface area contributed by atoms with Crippen LogP contribution in [-0.4, -0.2) is 19.3 Å². The van der Waals surface area contributed by atoms with Crippen LogP contribution >= 0.6 is 0 Å². The molecule has 2 N–H and O–H groups in total. The number of methoxy groups -OCH3 is 2. The Labute approximate surface area is 123 Å². The van der Waals surface area contributed by atoms with Crippen molar-refractivity contribution >= 4 is 5.69 Å². The van der Waals surface area contributed by atoms with E-state index in [9.17, 15) is 5.11 Å². The van der Waals surface area contributed by atoms with Crippen molar-refractivity contribution in [1.29, 1.82) is 5.26 Å². The number of hydrogen-bond donors (Lipinski definition) is 2. The normalized spacial score (nSPS) is 9.76. The zero-order valence-corrected chi connectivity index (χ0v) is 11.9. The molecule has 0 radical (unpaired) electrons. The maximum absolute atomic E-state index is 9.87. The Bertz CT molecular complexity index is 652. The van der Waals surface area contributed by atoms with Crippen LogP contribution in [0.2, 0.25) is 0 Å². The Balaban J connectivity index is 2.22. The summed E-state index contributed by atoms with van der Waals surface area (Å²) in [5.74, 6) is 0.667. The molecule has 2 aromatic rings. The highest BCUT2D eigenvalue weighted by Gasteiger charge is 2.11. The number of hydrogen-bond acceptors (Lipinski definition) is 5. The highest BCUT2D eigenvalue weighted by atomic mass is 16.5. The van der Waals surface area contributed by atoms with Gasteiger partial charge in [-0.1, -0.05) is 12.1 Å². The summed E-state index contributed by atoms with van der Waals surface area (Å²) in [4.78, 5) is 0. The molecule has 5 heteroatoms. The number of nitrogens with zero attached hydrogens (tertiary/aromatic N) is 1. The molecule has 0 saturated carbocycles. The van der Waals surface area contributed by atoms with Crippen molar-refractivity contribution in [3.8, 4) is 23.3 Å². The predicted octanol–water partition coefficient (Wildman–Crippen LogP) is 2.89. The van der Waals surface area contributed by atoms with E-state index in [4.69, 9.17) is 14.7 Å². The highest BCUT2D eigenvalue weighted by molar-refractivity contribution is 5.58. The number of ether oxygens (including phenoxy) is 2. The molecule has 0 aliphatic heterocycles. The van der Waals surface area contributed by atoms with Gasteiger partial charge >= 0.3 is 0 Å². The quantitative estimate of drug-likeness (QED) is 0.883. The van der Waals surface area contributed by atoms with Gasteiger partial charge < -0.3 is 19.9 Å². The van der Waals surface area contributed by atoms with Crippen molar-refractivity contribution in [1.82, 2.24) is 0 Å². The largest absolute Gasteiger partial charge is 0.502 e. The first-order valence-corrected chi connectivity index (χ1v) is 6.36. The second-order valence-electron chi connectivity index (χ2n) is 4.36. The summed E-state index contributed by atoms with van der Waals surface area (Å²) in [6.07, 6.45) is 0. The van der Waals surface area contributed by atoms with Gasteiger partial charge in [-0.15, -0.1) is 0 Å². The highest BCUT2D eigenvalue weighted by Crippen LogP contribution is 2.37. The number of nitriles is 1. The van der Waals surface area contributed by atoms with E-state index in [1.165, 1.54) is 14.2 Å². The Morgan fingerprint density at radius 2 is 1.76 bits per heavy atom. The number of phenols is 1.